The monoisotopic (exact) mass is 256 g/mol. The van der Waals surface area contributed by atoms with E-state index in [0.717, 1.165) is 23.5 Å². The molecule has 1 aromatic heterocycles. The van der Waals surface area contributed by atoms with Gasteiger partial charge >= 0.3 is 0 Å². The van der Waals surface area contributed by atoms with Crippen LogP contribution in [-0.2, 0) is 6.54 Å². The van der Waals surface area contributed by atoms with E-state index in [2.05, 4.69) is 30.5 Å². The van der Waals surface area contributed by atoms with E-state index in [9.17, 15) is 4.79 Å². The van der Waals surface area contributed by atoms with Crippen molar-refractivity contribution in [3.05, 3.63) is 47.7 Å². The summed E-state index contributed by atoms with van der Waals surface area (Å²) in [6, 6.07) is 12.0. The predicted molar refractivity (Wildman–Crippen MR) is 78.0 cm³/mol. The lowest BCUT2D eigenvalue weighted by Gasteiger charge is -2.14. The number of rotatable bonds is 4. The van der Waals surface area contributed by atoms with Crippen LogP contribution in [0.25, 0.3) is 11.3 Å². The number of benzene rings is 1. The summed E-state index contributed by atoms with van der Waals surface area (Å²) in [5.74, 6) is 0.145. The van der Waals surface area contributed by atoms with Gasteiger partial charge in [-0.25, -0.2) is 0 Å². The van der Waals surface area contributed by atoms with Crippen molar-refractivity contribution in [2.75, 3.05) is 0 Å². The van der Waals surface area contributed by atoms with Crippen LogP contribution in [0.15, 0.2) is 36.4 Å². The van der Waals surface area contributed by atoms with Gasteiger partial charge in [0, 0.05) is 17.9 Å². The zero-order valence-electron chi connectivity index (χ0n) is 11.7. The van der Waals surface area contributed by atoms with Crippen LogP contribution in [0.3, 0.4) is 0 Å². The molecule has 0 aliphatic carbocycles. The second kappa shape index (κ2) is 5.31. The van der Waals surface area contributed by atoms with E-state index in [4.69, 9.17) is 5.73 Å². The molecule has 3 nitrogen and oxygen atoms in total. The molecule has 0 fully saturated rings. The largest absolute Gasteiger partial charge is 0.366 e. The highest BCUT2D eigenvalue weighted by atomic mass is 16.1. The van der Waals surface area contributed by atoms with Crippen molar-refractivity contribution in [3.63, 3.8) is 0 Å². The Labute approximate surface area is 114 Å². The fourth-order valence-electron chi connectivity index (χ4n) is 2.34. The quantitative estimate of drug-likeness (QED) is 0.897. The summed E-state index contributed by atoms with van der Waals surface area (Å²) >= 11 is 0. The maximum atomic E-state index is 11.5. The van der Waals surface area contributed by atoms with E-state index in [0.29, 0.717) is 11.5 Å². The second-order valence-corrected chi connectivity index (χ2v) is 5.26. The smallest absolute Gasteiger partial charge is 0.250 e. The Kier molecular flexibility index (Phi) is 3.74. The molecule has 3 heteroatoms. The van der Waals surface area contributed by atoms with Gasteiger partial charge in [-0.1, -0.05) is 44.2 Å². The van der Waals surface area contributed by atoms with Crippen LogP contribution in [0.1, 0.15) is 29.9 Å². The fourth-order valence-corrected chi connectivity index (χ4v) is 2.34. The lowest BCUT2D eigenvalue weighted by atomic mass is 10.1. The van der Waals surface area contributed by atoms with E-state index >= 15 is 0 Å². The summed E-state index contributed by atoms with van der Waals surface area (Å²) in [5, 5.41) is 0. The first-order chi connectivity index (χ1) is 9.00. The molecule has 0 saturated carbocycles. The summed E-state index contributed by atoms with van der Waals surface area (Å²) in [4.78, 5) is 11.5. The number of primary amides is 1. The third-order valence-electron chi connectivity index (χ3n) is 3.25. The predicted octanol–water partition coefficient (Wildman–Crippen LogP) is 3.22. The first kappa shape index (κ1) is 13.4. The van der Waals surface area contributed by atoms with Crippen molar-refractivity contribution in [3.8, 4) is 11.3 Å². The van der Waals surface area contributed by atoms with Gasteiger partial charge in [0.25, 0.3) is 5.91 Å². The number of carbonyl (C=O) groups excluding carboxylic acids is 1. The minimum absolute atomic E-state index is 0.364. The van der Waals surface area contributed by atoms with Crippen LogP contribution in [0.2, 0.25) is 0 Å². The van der Waals surface area contributed by atoms with Gasteiger partial charge in [0.2, 0.25) is 0 Å². The van der Waals surface area contributed by atoms with Crippen molar-refractivity contribution in [2.24, 2.45) is 11.7 Å². The Morgan fingerprint density at radius 1 is 1.26 bits per heavy atom. The third-order valence-corrected chi connectivity index (χ3v) is 3.25. The van der Waals surface area contributed by atoms with E-state index in [-0.39, 0.29) is 5.91 Å². The molecule has 100 valence electrons. The van der Waals surface area contributed by atoms with Crippen molar-refractivity contribution in [1.29, 1.82) is 0 Å². The summed E-state index contributed by atoms with van der Waals surface area (Å²) in [5.41, 5.74) is 9.17. The summed E-state index contributed by atoms with van der Waals surface area (Å²) < 4.78 is 2.18. The average Bonchev–Trinajstić information content (AvgIpc) is 2.68. The number of nitrogens with zero attached hydrogens (tertiary/aromatic N) is 1. The Balaban J connectivity index is 2.59. The minimum atomic E-state index is -0.364. The summed E-state index contributed by atoms with van der Waals surface area (Å²) in [6.45, 7) is 7.16. The molecule has 0 radical (unpaired) electrons. The topological polar surface area (TPSA) is 48.0 Å². The van der Waals surface area contributed by atoms with Crippen molar-refractivity contribution >= 4 is 5.91 Å². The molecule has 2 rings (SSSR count). The number of hydrogen-bond acceptors (Lipinski definition) is 1. The van der Waals surface area contributed by atoms with E-state index in [1.54, 1.807) is 0 Å². The minimum Gasteiger partial charge on any atom is -0.366 e. The summed E-state index contributed by atoms with van der Waals surface area (Å²) in [6.07, 6.45) is 0. The molecule has 19 heavy (non-hydrogen) atoms. The molecule has 0 saturated heterocycles. The highest BCUT2D eigenvalue weighted by Gasteiger charge is 2.16. The molecule has 0 bridgehead atoms. The highest BCUT2D eigenvalue weighted by molar-refractivity contribution is 5.95. The zero-order chi connectivity index (χ0) is 14.0. The normalized spacial score (nSPS) is 10.9. The maximum Gasteiger partial charge on any atom is 0.250 e. The molecular formula is C16H20N2O. The first-order valence-electron chi connectivity index (χ1n) is 6.56. The Morgan fingerprint density at radius 3 is 2.42 bits per heavy atom. The highest BCUT2D eigenvalue weighted by Crippen LogP contribution is 2.26. The van der Waals surface area contributed by atoms with Crippen LogP contribution in [0, 0.1) is 12.8 Å². The Hall–Kier alpha value is -2.03. The molecule has 0 unspecified atom stereocenters. The van der Waals surface area contributed by atoms with Crippen molar-refractivity contribution in [2.45, 2.75) is 27.3 Å². The standard InChI is InChI=1S/C16H20N2O/c1-11(2)10-18-12(3)14(16(17)19)9-15(18)13-7-5-4-6-8-13/h4-9,11H,10H2,1-3H3,(H2,17,19). The van der Waals surface area contributed by atoms with Crippen molar-refractivity contribution in [1.82, 2.24) is 4.57 Å². The average molecular weight is 256 g/mol. The lowest BCUT2D eigenvalue weighted by Crippen LogP contribution is -2.13. The number of amides is 1. The number of hydrogen-bond donors (Lipinski definition) is 1. The van der Waals surface area contributed by atoms with Gasteiger partial charge in [0.1, 0.15) is 0 Å². The van der Waals surface area contributed by atoms with Crippen LogP contribution in [0.5, 0.6) is 0 Å². The van der Waals surface area contributed by atoms with Gasteiger partial charge in [-0.05, 0) is 24.5 Å². The maximum absolute atomic E-state index is 11.5. The van der Waals surface area contributed by atoms with Gasteiger partial charge < -0.3 is 10.3 Å². The summed E-state index contributed by atoms with van der Waals surface area (Å²) in [7, 11) is 0. The number of aromatic nitrogens is 1. The molecular weight excluding hydrogens is 236 g/mol. The molecule has 0 aliphatic rings. The van der Waals surface area contributed by atoms with Gasteiger partial charge in [0.15, 0.2) is 0 Å². The van der Waals surface area contributed by atoms with Crippen molar-refractivity contribution < 1.29 is 4.79 Å². The van der Waals surface area contributed by atoms with Crippen LogP contribution >= 0.6 is 0 Å². The lowest BCUT2D eigenvalue weighted by molar-refractivity contribution is 0.0999. The SMILES string of the molecule is Cc1c(C(N)=O)cc(-c2ccccc2)n1CC(C)C. The van der Waals surface area contributed by atoms with Crippen LogP contribution in [-0.4, -0.2) is 10.5 Å². The molecule has 1 aromatic carbocycles. The molecule has 1 amide bonds. The van der Waals surface area contributed by atoms with E-state index in [1.165, 1.54) is 0 Å². The second-order valence-electron chi connectivity index (χ2n) is 5.26. The zero-order valence-corrected chi connectivity index (χ0v) is 11.7. The fraction of sp³-hybridized carbons (Fsp3) is 0.312. The van der Waals surface area contributed by atoms with Gasteiger partial charge in [-0.15, -0.1) is 0 Å². The Morgan fingerprint density at radius 2 is 1.89 bits per heavy atom. The third kappa shape index (κ3) is 2.70. The Bertz CT molecular complexity index is 582. The molecule has 2 N–H and O–H groups in total. The van der Waals surface area contributed by atoms with E-state index in [1.807, 2.05) is 31.2 Å². The molecule has 2 aromatic rings. The van der Waals surface area contributed by atoms with Crippen LogP contribution < -0.4 is 5.73 Å². The molecule has 1 heterocycles. The van der Waals surface area contributed by atoms with Gasteiger partial charge in [0.05, 0.1) is 5.56 Å². The molecule has 0 aliphatic heterocycles. The number of nitrogens with two attached hydrogens (primary N) is 1. The van der Waals surface area contributed by atoms with E-state index < -0.39 is 0 Å². The molecule has 0 atom stereocenters. The van der Waals surface area contributed by atoms with Crippen LogP contribution in [0.4, 0.5) is 0 Å². The van der Waals surface area contributed by atoms with Gasteiger partial charge in [-0.2, -0.15) is 0 Å². The molecule has 0 spiro atoms. The number of carbonyl (C=O) groups is 1. The first-order valence-corrected chi connectivity index (χ1v) is 6.56. The van der Waals surface area contributed by atoms with Gasteiger partial charge in [-0.3, -0.25) is 4.79 Å².